The molecule has 0 aromatic carbocycles. The zero-order valence-electron chi connectivity index (χ0n) is 10.0. The van der Waals surface area contributed by atoms with Gasteiger partial charge in [0.2, 0.25) is 0 Å². The summed E-state index contributed by atoms with van der Waals surface area (Å²) in [5, 5.41) is 3.34. The lowest BCUT2D eigenvalue weighted by Crippen LogP contribution is -2.18. The Kier molecular flexibility index (Phi) is 4.21. The average molecular weight is 231 g/mol. The molecule has 2 aromatic rings. The van der Waals surface area contributed by atoms with Gasteiger partial charge >= 0.3 is 0 Å². The molecule has 2 aromatic heterocycles. The Morgan fingerprint density at radius 3 is 2.76 bits per heavy atom. The topological polar surface area (TPSA) is 55.6 Å². The molecule has 0 amide bonds. The molecule has 1 N–H and O–H groups in total. The van der Waals surface area contributed by atoms with Gasteiger partial charge in [-0.1, -0.05) is 6.92 Å². The van der Waals surface area contributed by atoms with Crippen molar-refractivity contribution in [2.45, 2.75) is 26.4 Å². The predicted molar refractivity (Wildman–Crippen MR) is 65.4 cm³/mol. The lowest BCUT2D eigenvalue weighted by Gasteiger charge is -2.07. The molecule has 2 heterocycles. The summed E-state index contributed by atoms with van der Waals surface area (Å²) in [5.41, 5.74) is 0. The SMILES string of the molecule is CCCNCc1nccn1Cc1ncccn1. The first kappa shape index (κ1) is 11.7. The summed E-state index contributed by atoms with van der Waals surface area (Å²) < 4.78 is 2.07. The highest BCUT2D eigenvalue weighted by Crippen LogP contribution is 2.00. The highest BCUT2D eigenvalue weighted by Gasteiger charge is 2.03. The molecule has 0 radical (unpaired) electrons. The Morgan fingerprint density at radius 1 is 1.18 bits per heavy atom. The molecule has 0 atom stereocenters. The van der Waals surface area contributed by atoms with Gasteiger partial charge in [0.25, 0.3) is 0 Å². The van der Waals surface area contributed by atoms with Crippen molar-refractivity contribution in [2.75, 3.05) is 6.54 Å². The van der Waals surface area contributed by atoms with Crippen molar-refractivity contribution >= 4 is 0 Å². The Morgan fingerprint density at radius 2 is 2.00 bits per heavy atom. The van der Waals surface area contributed by atoms with E-state index in [1.54, 1.807) is 12.4 Å². The van der Waals surface area contributed by atoms with E-state index < -0.39 is 0 Å². The number of nitrogens with zero attached hydrogens (tertiary/aromatic N) is 4. The zero-order valence-corrected chi connectivity index (χ0v) is 10.0. The molecular weight excluding hydrogens is 214 g/mol. The van der Waals surface area contributed by atoms with Crippen LogP contribution in [0.25, 0.3) is 0 Å². The average Bonchev–Trinajstić information content (AvgIpc) is 2.79. The van der Waals surface area contributed by atoms with Crippen LogP contribution in [0, 0.1) is 0 Å². The van der Waals surface area contributed by atoms with Gasteiger partial charge in [-0.05, 0) is 19.0 Å². The van der Waals surface area contributed by atoms with Crippen LogP contribution in [0.3, 0.4) is 0 Å². The quantitative estimate of drug-likeness (QED) is 0.759. The maximum atomic E-state index is 4.33. The van der Waals surface area contributed by atoms with Crippen LogP contribution in [-0.2, 0) is 13.1 Å². The van der Waals surface area contributed by atoms with E-state index >= 15 is 0 Å². The van der Waals surface area contributed by atoms with E-state index in [0.717, 1.165) is 31.2 Å². The van der Waals surface area contributed by atoms with Gasteiger partial charge in [0.05, 0.1) is 13.1 Å². The number of hydrogen-bond donors (Lipinski definition) is 1. The molecule has 5 nitrogen and oxygen atoms in total. The third-order valence-corrected chi connectivity index (χ3v) is 2.44. The fourth-order valence-corrected chi connectivity index (χ4v) is 1.59. The van der Waals surface area contributed by atoms with Gasteiger partial charge in [-0.25, -0.2) is 15.0 Å². The minimum atomic E-state index is 0.671. The van der Waals surface area contributed by atoms with E-state index in [-0.39, 0.29) is 0 Å². The first-order chi connectivity index (χ1) is 8.40. The molecular formula is C12H17N5. The van der Waals surface area contributed by atoms with E-state index in [1.165, 1.54) is 0 Å². The first-order valence-electron chi connectivity index (χ1n) is 5.86. The lowest BCUT2D eigenvalue weighted by molar-refractivity contribution is 0.607. The van der Waals surface area contributed by atoms with Gasteiger partial charge in [0, 0.05) is 24.8 Å². The standard InChI is InChI=1S/C12H17N5/c1-2-4-13-9-12-16-7-8-17(12)10-11-14-5-3-6-15-11/h3,5-8,13H,2,4,9-10H2,1H3. The van der Waals surface area contributed by atoms with Gasteiger partial charge in [-0.2, -0.15) is 0 Å². The van der Waals surface area contributed by atoms with Gasteiger partial charge < -0.3 is 9.88 Å². The highest BCUT2D eigenvalue weighted by atomic mass is 15.1. The number of imidazole rings is 1. The van der Waals surface area contributed by atoms with Crippen molar-refractivity contribution in [1.82, 2.24) is 24.8 Å². The zero-order chi connectivity index (χ0) is 11.9. The molecule has 0 saturated carbocycles. The van der Waals surface area contributed by atoms with E-state index in [9.17, 15) is 0 Å². The number of rotatable bonds is 6. The molecule has 0 aliphatic heterocycles. The lowest BCUT2D eigenvalue weighted by atomic mass is 10.4. The van der Waals surface area contributed by atoms with Crippen molar-refractivity contribution in [3.63, 3.8) is 0 Å². The summed E-state index contributed by atoms with van der Waals surface area (Å²) in [6, 6.07) is 1.82. The largest absolute Gasteiger partial charge is 0.326 e. The van der Waals surface area contributed by atoms with Crippen LogP contribution >= 0.6 is 0 Å². The summed E-state index contributed by atoms with van der Waals surface area (Å²) in [6.45, 7) is 4.61. The summed E-state index contributed by atoms with van der Waals surface area (Å²) in [5.74, 6) is 1.83. The third-order valence-electron chi connectivity index (χ3n) is 2.44. The maximum Gasteiger partial charge on any atom is 0.147 e. The Hall–Kier alpha value is -1.75. The molecule has 90 valence electrons. The van der Waals surface area contributed by atoms with Crippen LogP contribution in [0.2, 0.25) is 0 Å². The summed E-state index contributed by atoms with van der Waals surface area (Å²) in [6.07, 6.45) is 8.41. The summed E-state index contributed by atoms with van der Waals surface area (Å²) in [7, 11) is 0. The Bertz CT molecular complexity index is 437. The molecule has 0 bridgehead atoms. The minimum Gasteiger partial charge on any atom is -0.326 e. The van der Waals surface area contributed by atoms with Crippen molar-refractivity contribution in [3.05, 3.63) is 42.5 Å². The van der Waals surface area contributed by atoms with Crippen LogP contribution in [-0.4, -0.2) is 26.1 Å². The van der Waals surface area contributed by atoms with Crippen molar-refractivity contribution in [1.29, 1.82) is 0 Å². The van der Waals surface area contributed by atoms with E-state index in [2.05, 4.69) is 31.8 Å². The molecule has 5 heteroatoms. The van der Waals surface area contributed by atoms with Crippen LogP contribution in [0.15, 0.2) is 30.9 Å². The summed E-state index contributed by atoms with van der Waals surface area (Å²) >= 11 is 0. The van der Waals surface area contributed by atoms with Gasteiger partial charge in [-0.15, -0.1) is 0 Å². The van der Waals surface area contributed by atoms with E-state index in [4.69, 9.17) is 0 Å². The molecule has 2 rings (SSSR count). The van der Waals surface area contributed by atoms with Crippen LogP contribution in [0.1, 0.15) is 25.0 Å². The van der Waals surface area contributed by atoms with Gasteiger partial charge in [0.15, 0.2) is 0 Å². The van der Waals surface area contributed by atoms with Crippen LogP contribution in [0.5, 0.6) is 0 Å². The van der Waals surface area contributed by atoms with Crippen molar-refractivity contribution in [3.8, 4) is 0 Å². The van der Waals surface area contributed by atoms with Gasteiger partial charge in [-0.3, -0.25) is 0 Å². The number of hydrogen-bond acceptors (Lipinski definition) is 4. The molecule has 17 heavy (non-hydrogen) atoms. The number of nitrogens with one attached hydrogen (secondary N) is 1. The second kappa shape index (κ2) is 6.10. The molecule has 0 aliphatic rings. The normalized spacial score (nSPS) is 10.6. The van der Waals surface area contributed by atoms with Crippen molar-refractivity contribution in [2.24, 2.45) is 0 Å². The predicted octanol–water partition coefficient (Wildman–Crippen LogP) is 1.22. The fourth-order valence-electron chi connectivity index (χ4n) is 1.59. The Balaban J connectivity index is 1.99. The van der Waals surface area contributed by atoms with E-state index in [1.807, 2.05) is 18.5 Å². The minimum absolute atomic E-state index is 0.671. The van der Waals surface area contributed by atoms with Crippen molar-refractivity contribution < 1.29 is 0 Å². The summed E-state index contributed by atoms with van der Waals surface area (Å²) in [4.78, 5) is 12.8. The maximum absolute atomic E-state index is 4.33. The highest BCUT2D eigenvalue weighted by molar-refractivity contribution is 4.97. The molecule has 0 fully saturated rings. The molecule has 0 saturated heterocycles. The second-order valence-corrected chi connectivity index (χ2v) is 3.81. The number of aromatic nitrogens is 4. The van der Waals surface area contributed by atoms with Gasteiger partial charge in [0.1, 0.15) is 11.6 Å². The monoisotopic (exact) mass is 231 g/mol. The first-order valence-corrected chi connectivity index (χ1v) is 5.86. The Labute approximate surface area is 101 Å². The van der Waals surface area contributed by atoms with Crippen LogP contribution < -0.4 is 5.32 Å². The molecule has 0 aliphatic carbocycles. The smallest absolute Gasteiger partial charge is 0.147 e. The second-order valence-electron chi connectivity index (χ2n) is 3.81. The third kappa shape index (κ3) is 3.35. The molecule has 0 unspecified atom stereocenters. The van der Waals surface area contributed by atoms with Crippen LogP contribution in [0.4, 0.5) is 0 Å². The van der Waals surface area contributed by atoms with E-state index in [0.29, 0.717) is 6.54 Å². The molecule has 0 spiro atoms. The fraction of sp³-hybridized carbons (Fsp3) is 0.417.